The molecule has 0 bridgehead atoms. The number of nitrogens with zero attached hydrogens (tertiary/aromatic N) is 3. The number of aryl methyl sites for hydroxylation is 1. The Hall–Kier alpha value is -1.77. The van der Waals surface area contributed by atoms with Gasteiger partial charge >= 0.3 is 0 Å². The van der Waals surface area contributed by atoms with E-state index in [0.29, 0.717) is 38.4 Å². The number of aromatic amines is 1. The Morgan fingerprint density at radius 3 is 2.80 bits per heavy atom. The fourth-order valence-electron chi connectivity index (χ4n) is 3.03. The molecular formula is C17H23FN4O2S. The van der Waals surface area contributed by atoms with Crippen molar-refractivity contribution in [3.8, 4) is 0 Å². The Balaban J connectivity index is 1.66. The van der Waals surface area contributed by atoms with E-state index >= 15 is 0 Å². The summed E-state index contributed by atoms with van der Waals surface area (Å²) in [5.41, 5.74) is 0.900. The maximum atomic E-state index is 13.3. The summed E-state index contributed by atoms with van der Waals surface area (Å²) in [6.07, 6.45) is 2.80. The lowest BCUT2D eigenvalue weighted by Gasteiger charge is -2.21. The number of hydrogen-bond donors (Lipinski definition) is 1. The standard InChI is InChI=1S/C17H23FN4O2S/c1-2-16-19-12-17(20-16)25(23,24)22-8-4-7-21(9-10-22)13-14-5-3-6-15(18)11-14/h3,5-6,11-12H,2,4,7-10,13H2,1H3,(H,19,20). The van der Waals surface area contributed by atoms with Gasteiger partial charge in [0, 0.05) is 32.6 Å². The summed E-state index contributed by atoms with van der Waals surface area (Å²) in [5, 5.41) is 0.155. The number of H-pyrrole nitrogens is 1. The number of nitrogens with one attached hydrogen (secondary N) is 1. The smallest absolute Gasteiger partial charge is 0.260 e. The molecule has 1 aliphatic heterocycles. The van der Waals surface area contributed by atoms with Crippen LogP contribution in [0.3, 0.4) is 0 Å². The molecule has 3 rings (SSSR count). The van der Waals surface area contributed by atoms with Gasteiger partial charge in [-0.3, -0.25) is 4.90 Å². The van der Waals surface area contributed by atoms with Crippen LogP contribution in [0, 0.1) is 5.82 Å². The molecule has 0 unspecified atom stereocenters. The lowest BCUT2D eigenvalue weighted by atomic mass is 10.2. The molecule has 0 radical (unpaired) electrons. The highest BCUT2D eigenvalue weighted by atomic mass is 32.2. The first kappa shape index (κ1) is 18.0. The SMILES string of the molecule is CCc1ncc(S(=O)(=O)N2CCCN(Cc3cccc(F)c3)CC2)[nH]1. The summed E-state index contributed by atoms with van der Waals surface area (Å²) in [4.78, 5) is 9.13. The maximum Gasteiger partial charge on any atom is 0.260 e. The summed E-state index contributed by atoms with van der Waals surface area (Å²) in [6, 6.07) is 6.54. The van der Waals surface area contributed by atoms with E-state index < -0.39 is 10.0 Å². The normalized spacial score (nSPS) is 17.5. The zero-order valence-corrected chi connectivity index (χ0v) is 15.1. The zero-order valence-electron chi connectivity index (χ0n) is 14.3. The molecule has 0 amide bonds. The van der Waals surface area contributed by atoms with E-state index in [2.05, 4.69) is 14.9 Å². The maximum absolute atomic E-state index is 13.3. The van der Waals surface area contributed by atoms with Crippen LogP contribution in [0.25, 0.3) is 0 Å². The first-order valence-corrected chi connectivity index (χ1v) is 9.94. The molecule has 1 fully saturated rings. The molecule has 1 aliphatic rings. The monoisotopic (exact) mass is 366 g/mol. The van der Waals surface area contributed by atoms with Gasteiger partial charge in [0.15, 0.2) is 5.03 Å². The van der Waals surface area contributed by atoms with Crippen LogP contribution >= 0.6 is 0 Å². The predicted octanol–water partition coefficient (Wildman–Crippen LogP) is 2.01. The van der Waals surface area contributed by atoms with Crippen molar-refractivity contribution in [3.05, 3.63) is 47.7 Å². The molecule has 1 aromatic heterocycles. The Kier molecular flexibility index (Phi) is 5.51. The van der Waals surface area contributed by atoms with Crippen molar-refractivity contribution in [2.75, 3.05) is 26.2 Å². The van der Waals surface area contributed by atoms with Crippen LogP contribution in [-0.4, -0.2) is 53.8 Å². The minimum Gasteiger partial charge on any atom is -0.332 e. The lowest BCUT2D eigenvalue weighted by molar-refractivity contribution is 0.278. The molecule has 0 aliphatic carbocycles. The van der Waals surface area contributed by atoms with Gasteiger partial charge < -0.3 is 4.98 Å². The fraction of sp³-hybridized carbons (Fsp3) is 0.471. The lowest BCUT2D eigenvalue weighted by Crippen LogP contribution is -2.35. The third-order valence-corrected chi connectivity index (χ3v) is 6.21. The second-order valence-corrected chi connectivity index (χ2v) is 8.12. The van der Waals surface area contributed by atoms with Crippen LogP contribution in [0.1, 0.15) is 24.7 Å². The highest BCUT2D eigenvalue weighted by Gasteiger charge is 2.28. The number of hydrogen-bond acceptors (Lipinski definition) is 4. The number of halogens is 1. The van der Waals surface area contributed by atoms with Gasteiger partial charge in [-0.15, -0.1) is 0 Å². The summed E-state index contributed by atoms with van der Waals surface area (Å²) in [5.74, 6) is 0.420. The van der Waals surface area contributed by atoms with Crippen LogP contribution in [0.15, 0.2) is 35.5 Å². The van der Waals surface area contributed by atoms with Crippen molar-refractivity contribution in [1.29, 1.82) is 0 Å². The van der Waals surface area contributed by atoms with E-state index in [1.165, 1.54) is 22.6 Å². The molecular weight excluding hydrogens is 343 g/mol. The predicted molar refractivity (Wildman–Crippen MR) is 93.0 cm³/mol. The van der Waals surface area contributed by atoms with Gasteiger partial charge in [0.25, 0.3) is 10.0 Å². The minimum absolute atomic E-state index is 0.155. The Morgan fingerprint density at radius 1 is 1.24 bits per heavy atom. The van der Waals surface area contributed by atoms with Crippen molar-refractivity contribution in [1.82, 2.24) is 19.2 Å². The van der Waals surface area contributed by atoms with E-state index in [9.17, 15) is 12.8 Å². The minimum atomic E-state index is -3.55. The highest BCUT2D eigenvalue weighted by Crippen LogP contribution is 2.17. The third kappa shape index (κ3) is 4.26. The van der Waals surface area contributed by atoms with E-state index in [-0.39, 0.29) is 10.8 Å². The topological polar surface area (TPSA) is 69.3 Å². The van der Waals surface area contributed by atoms with Gasteiger partial charge in [0.05, 0.1) is 6.20 Å². The Bertz CT molecular complexity index is 822. The van der Waals surface area contributed by atoms with Crippen molar-refractivity contribution in [2.45, 2.75) is 31.3 Å². The number of aromatic nitrogens is 2. The molecule has 8 heteroatoms. The highest BCUT2D eigenvalue weighted by molar-refractivity contribution is 7.89. The van der Waals surface area contributed by atoms with Gasteiger partial charge in [0.1, 0.15) is 11.6 Å². The molecule has 25 heavy (non-hydrogen) atoms. The summed E-state index contributed by atoms with van der Waals surface area (Å²) < 4.78 is 40.4. The quantitative estimate of drug-likeness (QED) is 0.879. The molecule has 0 saturated carbocycles. The first-order chi connectivity index (χ1) is 12.0. The first-order valence-electron chi connectivity index (χ1n) is 8.50. The van der Waals surface area contributed by atoms with Crippen molar-refractivity contribution in [2.24, 2.45) is 0 Å². The molecule has 0 atom stereocenters. The van der Waals surface area contributed by atoms with E-state index in [1.807, 2.05) is 13.0 Å². The zero-order chi connectivity index (χ0) is 17.9. The van der Waals surface area contributed by atoms with Crippen LogP contribution in [0.4, 0.5) is 4.39 Å². The van der Waals surface area contributed by atoms with Gasteiger partial charge in [-0.05, 0) is 30.7 Å². The molecule has 2 heterocycles. The van der Waals surface area contributed by atoms with Crippen LogP contribution in [0.5, 0.6) is 0 Å². The number of rotatable bonds is 5. The van der Waals surface area contributed by atoms with Crippen molar-refractivity contribution >= 4 is 10.0 Å². The Morgan fingerprint density at radius 2 is 2.08 bits per heavy atom. The summed E-state index contributed by atoms with van der Waals surface area (Å²) >= 11 is 0. The Labute approximate surface area is 147 Å². The van der Waals surface area contributed by atoms with Crippen LogP contribution in [-0.2, 0) is 23.0 Å². The molecule has 1 aromatic carbocycles. The number of imidazole rings is 1. The fourth-order valence-corrected chi connectivity index (χ4v) is 4.43. The average Bonchev–Trinajstić information content (AvgIpc) is 2.96. The van der Waals surface area contributed by atoms with Crippen LogP contribution < -0.4 is 0 Å². The second-order valence-electron chi connectivity index (χ2n) is 6.21. The van der Waals surface area contributed by atoms with Crippen LogP contribution in [0.2, 0.25) is 0 Å². The molecule has 6 nitrogen and oxygen atoms in total. The molecule has 1 N–H and O–H groups in total. The molecule has 1 saturated heterocycles. The number of sulfonamides is 1. The molecule has 2 aromatic rings. The number of benzene rings is 1. The van der Waals surface area contributed by atoms with Crippen molar-refractivity contribution in [3.63, 3.8) is 0 Å². The van der Waals surface area contributed by atoms with E-state index in [1.54, 1.807) is 6.07 Å². The summed E-state index contributed by atoms with van der Waals surface area (Å²) in [7, 11) is -3.55. The molecule has 136 valence electrons. The van der Waals surface area contributed by atoms with Gasteiger partial charge in [-0.1, -0.05) is 19.1 Å². The van der Waals surface area contributed by atoms with E-state index in [0.717, 1.165) is 18.5 Å². The van der Waals surface area contributed by atoms with Gasteiger partial charge in [-0.25, -0.2) is 17.8 Å². The van der Waals surface area contributed by atoms with Crippen molar-refractivity contribution < 1.29 is 12.8 Å². The van der Waals surface area contributed by atoms with E-state index in [4.69, 9.17) is 0 Å². The molecule has 0 spiro atoms. The third-order valence-electron chi connectivity index (χ3n) is 4.40. The summed E-state index contributed by atoms with van der Waals surface area (Å²) in [6.45, 7) is 4.83. The second kappa shape index (κ2) is 7.63. The van der Waals surface area contributed by atoms with Gasteiger partial charge in [-0.2, -0.15) is 4.31 Å². The van der Waals surface area contributed by atoms with Gasteiger partial charge in [0.2, 0.25) is 0 Å². The largest absolute Gasteiger partial charge is 0.332 e. The average molecular weight is 366 g/mol.